The number of anilines is 2. The summed E-state index contributed by atoms with van der Waals surface area (Å²) < 4.78 is 32.3. The molecule has 27 heavy (non-hydrogen) atoms. The molecule has 1 aliphatic heterocycles. The highest BCUT2D eigenvalue weighted by atomic mass is 32.2. The fraction of sp³-hybridized carbons (Fsp3) is 0.350. The molecule has 2 aromatic rings. The van der Waals surface area contributed by atoms with Crippen LogP contribution >= 0.6 is 0 Å². The summed E-state index contributed by atoms with van der Waals surface area (Å²) in [4.78, 5) is 14.0. The predicted molar refractivity (Wildman–Crippen MR) is 105 cm³/mol. The molecule has 0 saturated carbocycles. The van der Waals surface area contributed by atoms with Crippen LogP contribution in [-0.4, -0.2) is 34.6 Å². The van der Waals surface area contributed by atoms with Gasteiger partial charge in [0.25, 0.3) is 10.0 Å². The van der Waals surface area contributed by atoms with E-state index in [0.717, 1.165) is 37.2 Å². The lowest BCUT2D eigenvalue weighted by molar-refractivity contribution is -0.146. The molecule has 7 heteroatoms. The number of piperidine rings is 1. The van der Waals surface area contributed by atoms with Crippen LogP contribution in [0, 0.1) is 12.8 Å². The fourth-order valence-electron chi connectivity index (χ4n) is 3.21. The number of nitrogens with zero attached hydrogens (tertiary/aromatic N) is 1. The zero-order chi connectivity index (χ0) is 19.4. The summed E-state index contributed by atoms with van der Waals surface area (Å²) in [6.45, 7) is 3.46. The van der Waals surface area contributed by atoms with Gasteiger partial charge in [0, 0.05) is 24.5 Å². The second-order valence-electron chi connectivity index (χ2n) is 6.75. The van der Waals surface area contributed by atoms with Gasteiger partial charge in [-0.15, -0.1) is 0 Å². The first kappa shape index (κ1) is 19.2. The summed E-state index contributed by atoms with van der Waals surface area (Å²) in [5, 5.41) is 0. The number of carbonyl (C=O) groups excluding carboxylic acids is 1. The molecule has 144 valence electrons. The number of rotatable bonds is 5. The van der Waals surface area contributed by atoms with E-state index in [1.54, 1.807) is 36.4 Å². The predicted octanol–water partition coefficient (Wildman–Crippen LogP) is 3.19. The molecule has 6 nitrogen and oxygen atoms in total. The van der Waals surface area contributed by atoms with Crippen molar-refractivity contribution in [2.45, 2.75) is 24.7 Å². The molecular formula is C20H24N2O4S. The zero-order valence-corrected chi connectivity index (χ0v) is 16.3. The van der Waals surface area contributed by atoms with E-state index in [4.69, 9.17) is 4.74 Å². The highest BCUT2D eigenvalue weighted by Gasteiger charge is 2.25. The van der Waals surface area contributed by atoms with E-state index in [-0.39, 0.29) is 16.8 Å². The van der Waals surface area contributed by atoms with Crippen molar-refractivity contribution >= 4 is 27.4 Å². The quantitative estimate of drug-likeness (QED) is 0.796. The molecular weight excluding hydrogens is 364 g/mol. The SMILES string of the molecule is COC(=O)C1CCN(c2ccc(NS(=O)(=O)c3ccc(C)cc3)cc2)CC1. The molecule has 1 N–H and O–H groups in total. The Labute approximate surface area is 160 Å². The Kier molecular flexibility index (Phi) is 5.70. The smallest absolute Gasteiger partial charge is 0.308 e. The number of nitrogens with one attached hydrogen (secondary N) is 1. The number of carbonyl (C=O) groups is 1. The van der Waals surface area contributed by atoms with Crippen molar-refractivity contribution in [3.05, 3.63) is 54.1 Å². The number of hydrogen-bond acceptors (Lipinski definition) is 5. The van der Waals surface area contributed by atoms with Gasteiger partial charge >= 0.3 is 5.97 Å². The van der Waals surface area contributed by atoms with Crippen molar-refractivity contribution in [1.29, 1.82) is 0 Å². The molecule has 0 bridgehead atoms. The van der Waals surface area contributed by atoms with Crippen molar-refractivity contribution < 1.29 is 17.9 Å². The lowest BCUT2D eigenvalue weighted by Crippen LogP contribution is -2.36. The van der Waals surface area contributed by atoms with E-state index < -0.39 is 10.0 Å². The Morgan fingerprint density at radius 2 is 1.63 bits per heavy atom. The van der Waals surface area contributed by atoms with Gasteiger partial charge < -0.3 is 9.64 Å². The summed E-state index contributed by atoms with van der Waals surface area (Å²) in [5.74, 6) is -0.178. The van der Waals surface area contributed by atoms with Crippen LogP contribution in [0.1, 0.15) is 18.4 Å². The molecule has 0 radical (unpaired) electrons. The minimum atomic E-state index is -3.60. The summed E-state index contributed by atoms with van der Waals surface area (Å²) >= 11 is 0. The molecule has 3 rings (SSSR count). The van der Waals surface area contributed by atoms with Crippen LogP contribution in [0.5, 0.6) is 0 Å². The minimum Gasteiger partial charge on any atom is -0.469 e. The van der Waals surface area contributed by atoms with Gasteiger partial charge in [-0.3, -0.25) is 9.52 Å². The van der Waals surface area contributed by atoms with E-state index in [0.29, 0.717) is 5.69 Å². The second kappa shape index (κ2) is 8.00. The first-order valence-corrected chi connectivity index (χ1v) is 10.4. The summed E-state index contributed by atoms with van der Waals surface area (Å²) in [7, 11) is -2.18. The minimum absolute atomic E-state index is 0.0353. The maximum absolute atomic E-state index is 12.5. The molecule has 0 spiro atoms. The number of methoxy groups -OCH3 is 1. The molecule has 1 aliphatic rings. The third-order valence-corrected chi connectivity index (χ3v) is 6.24. The monoisotopic (exact) mass is 388 g/mol. The third kappa shape index (κ3) is 4.60. The lowest BCUT2D eigenvalue weighted by Gasteiger charge is -2.32. The first-order valence-electron chi connectivity index (χ1n) is 8.91. The van der Waals surface area contributed by atoms with E-state index in [1.807, 2.05) is 19.1 Å². The maximum Gasteiger partial charge on any atom is 0.308 e. The maximum atomic E-state index is 12.5. The average molecular weight is 388 g/mol. The van der Waals surface area contributed by atoms with Crippen molar-refractivity contribution in [1.82, 2.24) is 0 Å². The zero-order valence-electron chi connectivity index (χ0n) is 15.5. The van der Waals surface area contributed by atoms with Crippen LogP contribution in [0.4, 0.5) is 11.4 Å². The van der Waals surface area contributed by atoms with Crippen LogP contribution in [0.3, 0.4) is 0 Å². The van der Waals surface area contributed by atoms with E-state index in [2.05, 4.69) is 9.62 Å². The van der Waals surface area contributed by atoms with Crippen LogP contribution in [0.15, 0.2) is 53.4 Å². The number of esters is 1. The van der Waals surface area contributed by atoms with Crippen molar-refractivity contribution in [3.63, 3.8) is 0 Å². The van der Waals surface area contributed by atoms with Crippen LogP contribution < -0.4 is 9.62 Å². The van der Waals surface area contributed by atoms with Gasteiger partial charge in [0.2, 0.25) is 0 Å². The van der Waals surface area contributed by atoms with Gasteiger partial charge in [-0.05, 0) is 56.2 Å². The highest BCUT2D eigenvalue weighted by Crippen LogP contribution is 2.26. The lowest BCUT2D eigenvalue weighted by atomic mass is 9.96. The molecule has 1 heterocycles. The number of aryl methyl sites for hydroxylation is 1. The molecule has 0 amide bonds. The molecule has 2 aromatic carbocycles. The van der Waals surface area contributed by atoms with Crippen molar-refractivity contribution in [2.24, 2.45) is 5.92 Å². The van der Waals surface area contributed by atoms with Gasteiger partial charge in [-0.1, -0.05) is 17.7 Å². The Hall–Kier alpha value is -2.54. The van der Waals surface area contributed by atoms with Crippen LogP contribution in [-0.2, 0) is 19.6 Å². The number of ether oxygens (including phenoxy) is 1. The molecule has 1 fully saturated rings. The summed E-state index contributed by atoms with van der Waals surface area (Å²) in [6.07, 6.45) is 1.52. The summed E-state index contributed by atoms with van der Waals surface area (Å²) in [6, 6.07) is 14.0. The number of benzene rings is 2. The van der Waals surface area contributed by atoms with E-state index >= 15 is 0 Å². The van der Waals surface area contributed by atoms with Gasteiger partial charge in [-0.2, -0.15) is 0 Å². The van der Waals surface area contributed by atoms with Crippen LogP contribution in [0.2, 0.25) is 0 Å². The molecule has 0 aromatic heterocycles. The Morgan fingerprint density at radius 1 is 1.04 bits per heavy atom. The fourth-order valence-corrected chi connectivity index (χ4v) is 4.27. The van der Waals surface area contributed by atoms with E-state index in [1.165, 1.54) is 7.11 Å². The topological polar surface area (TPSA) is 75.7 Å². The standard InChI is InChI=1S/C20H24N2O4S/c1-15-3-9-19(10-4-15)27(24,25)21-17-5-7-18(8-6-17)22-13-11-16(12-14-22)20(23)26-2/h3-10,16,21H,11-14H2,1-2H3. The van der Waals surface area contributed by atoms with E-state index in [9.17, 15) is 13.2 Å². The largest absolute Gasteiger partial charge is 0.469 e. The van der Waals surface area contributed by atoms with Crippen LogP contribution in [0.25, 0.3) is 0 Å². The van der Waals surface area contributed by atoms with Gasteiger partial charge in [0.15, 0.2) is 0 Å². The Balaban J connectivity index is 1.64. The Morgan fingerprint density at radius 3 is 2.19 bits per heavy atom. The van der Waals surface area contributed by atoms with Crippen molar-refractivity contribution in [3.8, 4) is 0 Å². The first-order chi connectivity index (χ1) is 12.9. The molecule has 1 saturated heterocycles. The summed E-state index contributed by atoms with van der Waals surface area (Å²) in [5.41, 5.74) is 2.54. The molecule has 0 atom stereocenters. The number of sulfonamides is 1. The number of hydrogen-bond donors (Lipinski definition) is 1. The average Bonchev–Trinajstić information content (AvgIpc) is 2.68. The van der Waals surface area contributed by atoms with Gasteiger partial charge in [-0.25, -0.2) is 8.42 Å². The second-order valence-corrected chi connectivity index (χ2v) is 8.43. The highest BCUT2D eigenvalue weighted by molar-refractivity contribution is 7.92. The third-order valence-electron chi connectivity index (χ3n) is 4.85. The van der Waals surface area contributed by atoms with Crippen molar-refractivity contribution in [2.75, 3.05) is 29.8 Å². The molecule has 0 aliphatic carbocycles. The Bertz CT molecular complexity index is 885. The van der Waals surface area contributed by atoms with Gasteiger partial charge in [0.05, 0.1) is 17.9 Å². The normalized spacial score (nSPS) is 15.4. The molecule has 0 unspecified atom stereocenters. The van der Waals surface area contributed by atoms with Gasteiger partial charge in [0.1, 0.15) is 0 Å².